The van der Waals surface area contributed by atoms with Gasteiger partial charge in [-0.25, -0.2) is 0 Å². The zero-order valence-electron chi connectivity index (χ0n) is 13.2. The maximum atomic E-state index is 12.2. The Balaban J connectivity index is 1.60. The molecule has 2 amide bonds. The normalized spacial score (nSPS) is 16.0. The van der Waals surface area contributed by atoms with Crippen molar-refractivity contribution in [2.45, 2.75) is 19.4 Å². The van der Waals surface area contributed by atoms with E-state index >= 15 is 0 Å². The fourth-order valence-electron chi connectivity index (χ4n) is 2.38. The van der Waals surface area contributed by atoms with Gasteiger partial charge in [-0.1, -0.05) is 35.5 Å². The van der Waals surface area contributed by atoms with Crippen molar-refractivity contribution in [3.8, 4) is 0 Å². The molecular formula is C18H17N3O3. The van der Waals surface area contributed by atoms with E-state index < -0.39 is 6.10 Å². The third-order valence-corrected chi connectivity index (χ3v) is 3.54. The van der Waals surface area contributed by atoms with Crippen molar-refractivity contribution in [1.29, 1.82) is 0 Å². The molecule has 1 aliphatic heterocycles. The lowest BCUT2D eigenvalue weighted by Crippen LogP contribution is -2.28. The fraction of sp³-hybridized carbons (Fsp3) is 0.167. The minimum Gasteiger partial charge on any atom is -0.382 e. The Morgan fingerprint density at radius 2 is 1.67 bits per heavy atom. The van der Waals surface area contributed by atoms with Crippen molar-refractivity contribution in [3.05, 3.63) is 60.2 Å². The van der Waals surface area contributed by atoms with Crippen LogP contribution >= 0.6 is 0 Å². The first-order chi connectivity index (χ1) is 11.6. The number of hydrogen-bond donors (Lipinski definition) is 2. The van der Waals surface area contributed by atoms with Gasteiger partial charge in [0.25, 0.3) is 5.91 Å². The summed E-state index contributed by atoms with van der Waals surface area (Å²) in [5.41, 5.74) is 3.00. The Morgan fingerprint density at radius 1 is 1.00 bits per heavy atom. The van der Waals surface area contributed by atoms with E-state index in [1.807, 2.05) is 42.5 Å². The first-order valence-electron chi connectivity index (χ1n) is 7.58. The largest absolute Gasteiger partial charge is 0.382 e. The molecule has 0 saturated carbocycles. The number of benzene rings is 2. The quantitative estimate of drug-likeness (QED) is 0.908. The topological polar surface area (TPSA) is 79.8 Å². The Labute approximate surface area is 139 Å². The van der Waals surface area contributed by atoms with Gasteiger partial charge >= 0.3 is 0 Å². The average molecular weight is 323 g/mol. The van der Waals surface area contributed by atoms with E-state index in [0.717, 1.165) is 11.3 Å². The fourth-order valence-corrected chi connectivity index (χ4v) is 2.38. The number of nitrogens with one attached hydrogen (secondary N) is 2. The van der Waals surface area contributed by atoms with Crippen molar-refractivity contribution in [2.24, 2.45) is 5.16 Å². The minimum atomic E-state index is -0.643. The molecule has 0 radical (unpaired) electrons. The van der Waals surface area contributed by atoms with Gasteiger partial charge in [0.15, 0.2) is 0 Å². The van der Waals surface area contributed by atoms with E-state index in [2.05, 4.69) is 15.8 Å². The van der Waals surface area contributed by atoms with Gasteiger partial charge in [0.2, 0.25) is 12.0 Å². The monoisotopic (exact) mass is 323 g/mol. The summed E-state index contributed by atoms with van der Waals surface area (Å²) in [5, 5.41) is 9.51. The minimum absolute atomic E-state index is 0.123. The molecule has 1 atom stereocenters. The molecular weight excluding hydrogens is 306 g/mol. The predicted octanol–water partition coefficient (Wildman–Crippen LogP) is 2.78. The van der Waals surface area contributed by atoms with Crippen LogP contribution in [0.15, 0.2) is 59.8 Å². The molecule has 1 aliphatic rings. The second kappa shape index (κ2) is 6.95. The number of carbonyl (C=O) groups is 2. The summed E-state index contributed by atoms with van der Waals surface area (Å²) >= 11 is 0. The second-order valence-corrected chi connectivity index (χ2v) is 5.45. The molecule has 6 heteroatoms. The molecule has 0 aliphatic carbocycles. The summed E-state index contributed by atoms with van der Waals surface area (Å²) in [6.07, 6.45) is -0.242. The second-order valence-electron chi connectivity index (χ2n) is 5.45. The lowest BCUT2D eigenvalue weighted by Gasteiger charge is -2.09. The Kier molecular flexibility index (Phi) is 4.56. The molecule has 6 nitrogen and oxygen atoms in total. The van der Waals surface area contributed by atoms with Gasteiger partial charge in [-0.3, -0.25) is 9.59 Å². The summed E-state index contributed by atoms with van der Waals surface area (Å²) < 4.78 is 0. The number of oxime groups is 1. The summed E-state index contributed by atoms with van der Waals surface area (Å²) in [7, 11) is 0. The van der Waals surface area contributed by atoms with Gasteiger partial charge < -0.3 is 15.5 Å². The standard InChI is InChI=1S/C18H17N3O3/c1-12(22)19-15-9-7-13(8-10-15)16-11-17(24-21-16)18(23)20-14-5-3-2-4-6-14/h2-10,17H,11H2,1H3,(H,19,22)(H,20,23)/t17-/m1/s1. The summed E-state index contributed by atoms with van der Waals surface area (Å²) in [4.78, 5) is 28.5. The van der Waals surface area contributed by atoms with Crippen LogP contribution in [0.4, 0.5) is 11.4 Å². The van der Waals surface area contributed by atoms with Crippen LogP contribution in [-0.2, 0) is 14.4 Å². The number of anilines is 2. The van der Waals surface area contributed by atoms with Crippen LogP contribution in [0, 0.1) is 0 Å². The van der Waals surface area contributed by atoms with Crippen molar-refractivity contribution >= 4 is 28.9 Å². The Hall–Kier alpha value is -3.15. The smallest absolute Gasteiger partial charge is 0.268 e. The number of nitrogens with zero attached hydrogens (tertiary/aromatic N) is 1. The lowest BCUT2D eigenvalue weighted by molar-refractivity contribution is -0.125. The first-order valence-corrected chi connectivity index (χ1v) is 7.58. The highest BCUT2D eigenvalue weighted by Crippen LogP contribution is 2.20. The van der Waals surface area contributed by atoms with E-state index in [0.29, 0.717) is 17.8 Å². The van der Waals surface area contributed by atoms with Crippen molar-refractivity contribution in [2.75, 3.05) is 10.6 Å². The van der Waals surface area contributed by atoms with Gasteiger partial charge in [0.1, 0.15) is 0 Å². The van der Waals surface area contributed by atoms with Crippen LogP contribution in [0.2, 0.25) is 0 Å². The Morgan fingerprint density at radius 3 is 2.33 bits per heavy atom. The molecule has 0 unspecified atom stereocenters. The van der Waals surface area contributed by atoms with Crippen LogP contribution in [0.1, 0.15) is 18.9 Å². The number of amides is 2. The molecule has 3 rings (SSSR count). The highest BCUT2D eigenvalue weighted by molar-refractivity contribution is 6.06. The summed E-state index contributed by atoms with van der Waals surface area (Å²) in [6.45, 7) is 1.46. The van der Waals surface area contributed by atoms with Crippen LogP contribution in [0.3, 0.4) is 0 Å². The molecule has 1 heterocycles. The van der Waals surface area contributed by atoms with Crippen molar-refractivity contribution in [3.63, 3.8) is 0 Å². The molecule has 0 fully saturated rings. The van der Waals surface area contributed by atoms with Gasteiger partial charge in [0, 0.05) is 24.7 Å². The van der Waals surface area contributed by atoms with E-state index in [4.69, 9.17) is 4.84 Å². The SMILES string of the molecule is CC(=O)Nc1ccc(C2=NO[C@@H](C(=O)Nc3ccccc3)C2)cc1. The molecule has 2 aromatic rings. The van der Waals surface area contributed by atoms with Gasteiger partial charge in [-0.05, 0) is 29.8 Å². The summed E-state index contributed by atoms with van der Waals surface area (Å²) in [6, 6.07) is 16.5. The molecule has 2 N–H and O–H groups in total. The van der Waals surface area contributed by atoms with Gasteiger partial charge in [-0.2, -0.15) is 0 Å². The van der Waals surface area contributed by atoms with Crippen molar-refractivity contribution in [1.82, 2.24) is 0 Å². The third kappa shape index (κ3) is 3.78. The lowest BCUT2D eigenvalue weighted by atomic mass is 10.0. The molecule has 0 bridgehead atoms. The molecule has 24 heavy (non-hydrogen) atoms. The first kappa shape index (κ1) is 15.7. The zero-order chi connectivity index (χ0) is 16.9. The average Bonchev–Trinajstić information content (AvgIpc) is 3.06. The maximum Gasteiger partial charge on any atom is 0.268 e. The third-order valence-electron chi connectivity index (χ3n) is 3.54. The van der Waals surface area contributed by atoms with Crippen LogP contribution in [0.25, 0.3) is 0 Å². The molecule has 122 valence electrons. The van der Waals surface area contributed by atoms with E-state index in [-0.39, 0.29) is 11.8 Å². The van der Waals surface area contributed by atoms with E-state index in [1.165, 1.54) is 6.92 Å². The van der Waals surface area contributed by atoms with Gasteiger partial charge in [0.05, 0.1) is 5.71 Å². The van der Waals surface area contributed by atoms with Crippen LogP contribution in [0.5, 0.6) is 0 Å². The number of para-hydroxylation sites is 1. The van der Waals surface area contributed by atoms with E-state index in [1.54, 1.807) is 12.1 Å². The number of carbonyl (C=O) groups excluding carboxylic acids is 2. The maximum absolute atomic E-state index is 12.2. The van der Waals surface area contributed by atoms with Gasteiger partial charge in [-0.15, -0.1) is 0 Å². The molecule has 2 aromatic carbocycles. The van der Waals surface area contributed by atoms with Crippen LogP contribution < -0.4 is 10.6 Å². The highest BCUT2D eigenvalue weighted by Gasteiger charge is 2.28. The molecule has 0 saturated heterocycles. The van der Waals surface area contributed by atoms with Crippen molar-refractivity contribution < 1.29 is 14.4 Å². The number of hydrogen-bond acceptors (Lipinski definition) is 4. The van der Waals surface area contributed by atoms with Crippen LogP contribution in [-0.4, -0.2) is 23.6 Å². The molecule has 0 spiro atoms. The van der Waals surface area contributed by atoms with E-state index in [9.17, 15) is 9.59 Å². The zero-order valence-corrected chi connectivity index (χ0v) is 13.2. The molecule has 0 aromatic heterocycles. The summed E-state index contributed by atoms with van der Waals surface area (Å²) in [5.74, 6) is -0.350. The highest BCUT2D eigenvalue weighted by atomic mass is 16.6. The number of rotatable bonds is 4. The predicted molar refractivity (Wildman–Crippen MR) is 91.8 cm³/mol. The Bertz CT molecular complexity index is 770.